The van der Waals surface area contributed by atoms with Crippen LogP contribution in [0.2, 0.25) is 0 Å². The van der Waals surface area contributed by atoms with Crippen molar-refractivity contribution in [2.24, 2.45) is 18.7 Å². The third kappa shape index (κ3) is 2.27. The zero-order valence-electron chi connectivity index (χ0n) is 13.6. The number of amides is 1. The molecule has 2 N–H and O–H groups in total. The van der Waals surface area contributed by atoms with Gasteiger partial charge in [-0.05, 0) is 45.7 Å². The molecule has 0 saturated carbocycles. The molecule has 6 nitrogen and oxygen atoms in total. The Bertz CT molecular complexity index is 736. The number of rotatable bonds is 2. The lowest BCUT2D eigenvalue weighted by Gasteiger charge is -2.22. The highest BCUT2D eigenvalue weighted by atomic mass is 16.2. The fourth-order valence-corrected chi connectivity index (χ4v) is 3.40. The molecule has 2 aromatic rings. The lowest BCUT2D eigenvalue weighted by atomic mass is 10.1. The first-order valence-electron chi connectivity index (χ1n) is 7.74. The van der Waals surface area contributed by atoms with Crippen LogP contribution in [0.5, 0.6) is 0 Å². The van der Waals surface area contributed by atoms with E-state index in [2.05, 4.69) is 17.0 Å². The summed E-state index contributed by atoms with van der Waals surface area (Å²) in [7, 11) is 1.87. The fourth-order valence-electron chi connectivity index (χ4n) is 3.40. The zero-order chi connectivity index (χ0) is 16.0. The molecule has 0 radical (unpaired) electrons. The molecule has 22 heavy (non-hydrogen) atoms. The van der Waals surface area contributed by atoms with Gasteiger partial charge in [0.05, 0.1) is 17.0 Å². The quantitative estimate of drug-likeness (QED) is 0.909. The van der Waals surface area contributed by atoms with Crippen LogP contribution < -0.4 is 5.73 Å². The summed E-state index contributed by atoms with van der Waals surface area (Å²) >= 11 is 0. The smallest absolute Gasteiger partial charge is 0.255 e. The van der Waals surface area contributed by atoms with E-state index in [4.69, 9.17) is 5.73 Å². The van der Waals surface area contributed by atoms with Gasteiger partial charge in [0.25, 0.3) is 5.91 Å². The number of nitrogens with two attached hydrogens (primary N) is 1. The van der Waals surface area contributed by atoms with Crippen LogP contribution in [-0.2, 0) is 7.05 Å². The molecule has 0 spiro atoms. The lowest BCUT2D eigenvalue weighted by molar-refractivity contribution is 0.0742. The van der Waals surface area contributed by atoms with Crippen molar-refractivity contribution in [1.29, 1.82) is 0 Å². The van der Waals surface area contributed by atoms with E-state index in [9.17, 15) is 4.79 Å². The van der Waals surface area contributed by atoms with E-state index in [1.165, 1.54) is 0 Å². The van der Waals surface area contributed by atoms with E-state index >= 15 is 0 Å². The molecule has 1 saturated heterocycles. The van der Waals surface area contributed by atoms with Gasteiger partial charge in [-0.2, -0.15) is 5.10 Å². The second kappa shape index (κ2) is 5.35. The summed E-state index contributed by atoms with van der Waals surface area (Å²) in [6.45, 7) is 7.28. The van der Waals surface area contributed by atoms with E-state index < -0.39 is 0 Å². The van der Waals surface area contributed by atoms with Gasteiger partial charge in [0.2, 0.25) is 0 Å². The predicted octanol–water partition coefficient (Wildman–Crippen LogP) is 1.39. The van der Waals surface area contributed by atoms with Crippen LogP contribution in [0.4, 0.5) is 0 Å². The average molecular weight is 301 g/mol. The summed E-state index contributed by atoms with van der Waals surface area (Å²) in [5.74, 6) is 0.453. The number of aryl methyl sites for hydroxylation is 3. The Morgan fingerprint density at radius 3 is 2.77 bits per heavy atom. The number of likely N-dealkylation sites (tertiary alicyclic amines) is 1. The Morgan fingerprint density at radius 2 is 2.14 bits per heavy atom. The highest BCUT2D eigenvalue weighted by Crippen LogP contribution is 2.26. The fraction of sp³-hybridized carbons (Fsp3) is 0.562. The number of carbonyl (C=O) groups excluding carboxylic acids is 1. The molecule has 2 aromatic heterocycles. The second-order valence-corrected chi connectivity index (χ2v) is 6.35. The highest BCUT2D eigenvalue weighted by molar-refractivity contribution is 5.99. The SMILES string of the molecule is Cc1nc2c(cc1C(=O)N1CC(CN)CC1C)c(C)nn2C. The monoisotopic (exact) mass is 301 g/mol. The van der Waals surface area contributed by atoms with Crippen molar-refractivity contribution in [1.82, 2.24) is 19.7 Å². The van der Waals surface area contributed by atoms with Crippen LogP contribution in [0.15, 0.2) is 6.07 Å². The standard InChI is InChI=1S/C16H23N5O/c1-9-5-12(7-17)8-21(9)16(22)14-6-13-11(3)19-20(4)15(13)18-10(14)2/h6,9,12H,5,7-8,17H2,1-4H3. The Kier molecular flexibility index (Phi) is 3.64. The van der Waals surface area contributed by atoms with Gasteiger partial charge >= 0.3 is 0 Å². The number of fused-ring (bicyclic) bond motifs is 1. The minimum atomic E-state index is 0.0543. The number of hydrogen-bond acceptors (Lipinski definition) is 4. The molecule has 0 aromatic carbocycles. The van der Waals surface area contributed by atoms with E-state index in [0.29, 0.717) is 18.0 Å². The summed E-state index contributed by atoms with van der Waals surface area (Å²) < 4.78 is 1.76. The van der Waals surface area contributed by atoms with Gasteiger partial charge in [-0.3, -0.25) is 9.48 Å². The largest absolute Gasteiger partial charge is 0.336 e. The van der Waals surface area contributed by atoms with Crippen molar-refractivity contribution in [3.63, 3.8) is 0 Å². The molecule has 2 atom stereocenters. The third-order valence-electron chi connectivity index (χ3n) is 4.68. The maximum Gasteiger partial charge on any atom is 0.255 e. The van der Waals surface area contributed by atoms with Crippen LogP contribution in [-0.4, -0.2) is 44.7 Å². The van der Waals surface area contributed by atoms with Crippen LogP contribution in [0, 0.1) is 19.8 Å². The summed E-state index contributed by atoms with van der Waals surface area (Å²) in [6, 6.07) is 2.16. The summed E-state index contributed by atoms with van der Waals surface area (Å²) in [5, 5.41) is 5.33. The summed E-state index contributed by atoms with van der Waals surface area (Å²) in [6.07, 6.45) is 0.975. The molecule has 1 aliphatic rings. The molecule has 3 rings (SSSR count). The molecule has 6 heteroatoms. The first kappa shape index (κ1) is 15.0. The van der Waals surface area contributed by atoms with Gasteiger partial charge in [0.15, 0.2) is 5.65 Å². The van der Waals surface area contributed by atoms with Crippen molar-refractivity contribution in [3.05, 3.63) is 23.0 Å². The molecule has 1 fully saturated rings. The van der Waals surface area contributed by atoms with Gasteiger partial charge in [-0.15, -0.1) is 0 Å². The number of carbonyl (C=O) groups is 1. The normalized spacial score (nSPS) is 21.8. The third-order valence-corrected chi connectivity index (χ3v) is 4.68. The van der Waals surface area contributed by atoms with E-state index in [1.807, 2.05) is 31.9 Å². The maximum atomic E-state index is 12.9. The predicted molar refractivity (Wildman–Crippen MR) is 85.6 cm³/mol. The molecular weight excluding hydrogens is 278 g/mol. The molecule has 118 valence electrons. The Hall–Kier alpha value is -1.95. The topological polar surface area (TPSA) is 77.0 Å². The first-order chi connectivity index (χ1) is 10.4. The number of pyridine rings is 1. The van der Waals surface area contributed by atoms with Gasteiger partial charge in [0, 0.05) is 25.0 Å². The maximum absolute atomic E-state index is 12.9. The van der Waals surface area contributed by atoms with Crippen LogP contribution in [0.25, 0.3) is 11.0 Å². The van der Waals surface area contributed by atoms with Crippen molar-refractivity contribution in [3.8, 4) is 0 Å². The Balaban J connectivity index is 2.01. The number of aromatic nitrogens is 3. The Labute approximate surface area is 130 Å². The first-order valence-corrected chi connectivity index (χ1v) is 7.74. The average Bonchev–Trinajstić information content (AvgIpc) is 2.98. The summed E-state index contributed by atoms with van der Waals surface area (Å²) in [4.78, 5) is 19.4. The van der Waals surface area contributed by atoms with Crippen LogP contribution >= 0.6 is 0 Å². The molecule has 3 heterocycles. The highest BCUT2D eigenvalue weighted by Gasteiger charge is 2.33. The molecule has 1 amide bonds. The molecule has 2 unspecified atom stereocenters. The molecule has 0 bridgehead atoms. The van der Waals surface area contributed by atoms with Gasteiger partial charge in [0.1, 0.15) is 0 Å². The van der Waals surface area contributed by atoms with E-state index in [1.54, 1.807) is 4.68 Å². The summed E-state index contributed by atoms with van der Waals surface area (Å²) in [5.41, 5.74) is 8.91. The molecular formula is C16H23N5O. The van der Waals surface area contributed by atoms with Crippen LogP contribution in [0.3, 0.4) is 0 Å². The second-order valence-electron chi connectivity index (χ2n) is 6.35. The molecule has 1 aliphatic heterocycles. The van der Waals surface area contributed by atoms with Crippen LogP contribution in [0.1, 0.15) is 35.1 Å². The lowest BCUT2D eigenvalue weighted by Crippen LogP contribution is -2.35. The van der Waals surface area contributed by atoms with Gasteiger partial charge in [-0.25, -0.2) is 4.98 Å². The number of hydrogen-bond donors (Lipinski definition) is 1. The van der Waals surface area contributed by atoms with Crippen molar-refractivity contribution in [2.45, 2.75) is 33.2 Å². The zero-order valence-corrected chi connectivity index (χ0v) is 13.6. The van der Waals surface area contributed by atoms with Crippen molar-refractivity contribution in [2.75, 3.05) is 13.1 Å². The van der Waals surface area contributed by atoms with E-state index in [-0.39, 0.29) is 11.9 Å². The minimum absolute atomic E-state index is 0.0543. The Morgan fingerprint density at radius 1 is 1.41 bits per heavy atom. The van der Waals surface area contributed by atoms with Crippen molar-refractivity contribution >= 4 is 16.9 Å². The van der Waals surface area contributed by atoms with Gasteiger partial charge < -0.3 is 10.6 Å². The van der Waals surface area contributed by atoms with E-state index in [0.717, 1.165) is 35.4 Å². The van der Waals surface area contributed by atoms with Crippen molar-refractivity contribution < 1.29 is 4.79 Å². The number of nitrogens with zero attached hydrogens (tertiary/aromatic N) is 4. The minimum Gasteiger partial charge on any atom is -0.336 e. The van der Waals surface area contributed by atoms with Gasteiger partial charge in [-0.1, -0.05) is 0 Å². The molecule has 0 aliphatic carbocycles.